The lowest BCUT2D eigenvalue weighted by atomic mass is 10.0. The summed E-state index contributed by atoms with van der Waals surface area (Å²) in [4.78, 5) is 47.9. The van der Waals surface area contributed by atoms with E-state index in [0.29, 0.717) is 6.42 Å². The van der Waals surface area contributed by atoms with Crippen LogP contribution in [0.15, 0.2) is 17.3 Å². The van der Waals surface area contributed by atoms with Gasteiger partial charge >= 0.3 is 5.97 Å². The molecular formula is C39H72N2O5. The number of nitroso groups, excluding NO2 is 1. The van der Waals surface area contributed by atoms with E-state index in [1.807, 2.05) is 6.08 Å². The highest BCUT2D eigenvalue weighted by Crippen LogP contribution is 2.15. The van der Waals surface area contributed by atoms with Crippen LogP contribution in [0.4, 0.5) is 0 Å². The van der Waals surface area contributed by atoms with Crippen molar-refractivity contribution in [2.24, 2.45) is 5.18 Å². The van der Waals surface area contributed by atoms with Crippen LogP contribution in [0.3, 0.4) is 0 Å². The molecule has 0 aliphatic heterocycles. The molecular weight excluding hydrogens is 576 g/mol. The Bertz CT molecular complexity index is 769. The fourth-order valence-electron chi connectivity index (χ4n) is 5.75. The Morgan fingerprint density at radius 1 is 0.609 bits per heavy atom. The summed E-state index contributed by atoms with van der Waals surface area (Å²) in [7, 11) is 0. The number of esters is 1. The molecule has 0 unspecified atom stereocenters. The van der Waals surface area contributed by atoms with Gasteiger partial charge in [-0.3, -0.25) is 9.59 Å². The summed E-state index contributed by atoms with van der Waals surface area (Å²) < 4.78 is 5.34. The zero-order valence-electron chi connectivity index (χ0n) is 30.3. The van der Waals surface area contributed by atoms with Crippen molar-refractivity contribution in [1.82, 2.24) is 5.32 Å². The summed E-state index contributed by atoms with van der Waals surface area (Å²) in [5.41, 5.74) is 0. The van der Waals surface area contributed by atoms with Gasteiger partial charge in [0.1, 0.15) is 18.4 Å². The minimum atomic E-state index is -0.816. The lowest BCUT2D eigenvalue weighted by Gasteiger charge is -2.21. The minimum Gasteiger partial charge on any atom is -0.463 e. The monoisotopic (exact) mass is 649 g/mol. The highest BCUT2D eigenvalue weighted by Gasteiger charge is 2.24. The van der Waals surface area contributed by atoms with Crippen molar-refractivity contribution in [3.63, 3.8) is 0 Å². The quantitative estimate of drug-likeness (QED) is 0.0319. The molecule has 0 rings (SSSR count). The fraction of sp³-hybridized carbons (Fsp3) is 0.872. The second-order valence-corrected chi connectivity index (χ2v) is 13.4. The minimum absolute atomic E-state index is 0.0111. The molecule has 7 nitrogen and oxygen atoms in total. The van der Waals surface area contributed by atoms with Crippen LogP contribution in [0.5, 0.6) is 0 Å². The molecule has 2 atom stereocenters. The smallest absolute Gasteiger partial charge is 0.306 e. The summed E-state index contributed by atoms with van der Waals surface area (Å²) in [5.74, 6) is -0.752. The molecule has 1 amide bonds. The second-order valence-electron chi connectivity index (χ2n) is 13.4. The van der Waals surface area contributed by atoms with Gasteiger partial charge in [-0.25, -0.2) is 0 Å². The number of carbonyl (C=O) groups is 3. The number of rotatable bonds is 35. The van der Waals surface area contributed by atoms with Gasteiger partial charge in [-0.1, -0.05) is 172 Å². The number of nitrogens with one attached hydrogen (secondary N) is 1. The lowest BCUT2D eigenvalue weighted by molar-refractivity contribution is -0.146. The molecule has 0 fully saturated rings. The average molecular weight is 649 g/mol. The van der Waals surface area contributed by atoms with E-state index < -0.39 is 18.1 Å². The van der Waals surface area contributed by atoms with Gasteiger partial charge in [0.15, 0.2) is 0 Å². The molecule has 0 aliphatic rings. The molecule has 0 aromatic heterocycles. The summed E-state index contributed by atoms with van der Waals surface area (Å²) in [6.07, 6.45) is 35.3. The van der Waals surface area contributed by atoms with Crippen molar-refractivity contribution in [3.05, 3.63) is 17.1 Å². The number of amides is 1. The van der Waals surface area contributed by atoms with E-state index in [-0.39, 0.29) is 31.1 Å². The van der Waals surface area contributed by atoms with E-state index in [2.05, 4.69) is 24.3 Å². The SMILES string of the molecule is CCCCCCCCCCCCC/C=C/[C@@H](N=O)[C@H](COC(=O)CCC(C)=O)NC(=O)CCCCCCCCCCCCCCC. The number of Topliss-reactive ketones (excluding diaryl/α,β-unsaturated/α-hetero) is 1. The number of unbranched alkanes of at least 4 members (excludes halogenated alkanes) is 23. The van der Waals surface area contributed by atoms with Gasteiger partial charge in [-0.2, -0.15) is 4.91 Å². The van der Waals surface area contributed by atoms with E-state index in [1.54, 1.807) is 6.08 Å². The number of nitrogens with zero attached hydrogens (tertiary/aromatic N) is 1. The van der Waals surface area contributed by atoms with Crippen LogP contribution in [0, 0.1) is 4.91 Å². The van der Waals surface area contributed by atoms with Crippen LogP contribution in [-0.4, -0.2) is 36.4 Å². The van der Waals surface area contributed by atoms with Crippen LogP contribution in [0.25, 0.3) is 0 Å². The Hall–Kier alpha value is -2.05. The van der Waals surface area contributed by atoms with E-state index in [0.717, 1.165) is 38.5 Å². The molecule has 7 heteroatoms. The number of ketones is 1. The van der Waals surface area contributed by atoms with Crippen LogP contribution < -0.4 is 5.32 Å². The van der Waals surface area contributed by atoms with Crippen molar-refractivity contribution in [2.75, 3.05) is 6.61 Å². The first-order valence-corrected chi connectivity index (χ1v) is 19.4. The predicted molar refractivity (Wildman–Crippen MR) is 193 cm³/mol. The molecule has 0 aromatic carbocycles. The molecule has 0 radical (unpaired) electrons. The highest BCUT2D eigenvalue weighted by atomic mass is 16.5. The van der Waals surface area contributed by atoms with Crippen molar-refractivity contribution < 1.29 is 19.1 Å². The Morgan fingerprint density at radius 3 is 1.48 bits per heavy atom. The van der Waals surface area contributed by atoms with Gasteiger partial charge < -0.3 is 14.8 Å². The van der Waals surface area contributed by atoms with Crippen molar-refractivity contribution in [2.45, 2.75) is 213 Å². The number of hydrogen-bond donors (Lipinski definition) is 1. The van der Waals surface area contributed by atoms with Crippen molar-refractivity contribution in [3.8, 4) is 0 Å². The Balaban J connectivity index is 4.42. The number of carbonyl (C=O) groups excluding carboxylic acids is 3. The third-order valence-corrected chi connectivity index (χ3v) is 8.80. The maximum Gasteiger partial charge on any atom is 0.306 e. The first-order chi connectivity index (χ1) is 22.4. The van der Waals surface area contributed by atoms with Gasteiger partial charge in [0.25, 0.3) is 0 Å². The van der Waals surface area contributed by atoms with Crippen LogP contribution >= 0.6 is 0 Å². The average Bonchev–Trinajstić information content (AvgIpc) is 3.04. The van der Waals surface area contributed by atoms with Crippen LogP contribution in [-0.2, 0) is 19.1 Å². The molecule has 0 spiro atoms. The van der Waals surface area contributed by atoms with E-state index >= 15 is 0 Å². The van der Waals surface area contributed by atoms with Gasteiger partial charge in [-0.15, -0.1) is 0 Å². The number of hydrogen-bond acceptors (Lipinski definition) is 6. The molecule has 1 N–H and O–H groups in total. The zero-order chi connectivity index (χ0) is 33.9. The lowest BCUT2D eigenvalue weighted by Crippen LogP contribution is -2.45. The van der Waals surface area contributed by atoms with Gasteiger partial charge in [0.05, 0.1) is 12.5 Å². The highest BCUT2D eigenvalue weighted by molar-refractivity contribution is 5.81. The third kappa shape index (κ3) is 30.6. The largest absolute Gasteiger partial charge is 0.463 e. The first kappa shape index (κ1) is 43.9. The fourth-order valence-corrected chi connectivity index (χ4v) is 5.75. The molecule has 268 valence electrons. The number of ether oxygens (including phenoxy) is 1. The standard InChI is InChI=1S/C39H72N2O5/c1-4-6-8-10-12-14-16-18-20-22-24-26-28-30-36(41-45)37(34-46-39(44)33-32-35(3)42)40-38(43)31-29-27-25-23-21-19-17-15-13-11-9-7-5-2/h28,30,36-37H,4-27,29,31-34H2,1-3H3,(H,40,43)/b30-28+/t36-,37+/m1/s1. The molecule has 0 heterocycles. The maximum atomic E-state index is 12.8. The van der Waals surface area contributed by atoms with E-state index in [1.165, 1.54) is 129 Å². The van der Waals surface area contributed by atoms with Crippen molar-refractivity contribution >= 4 is 17.7 Å². The Labute approximate surface area is 283 Å². The molecule has 0 saturated heterocycles. The van der Waals surface area contributed by atoms with Gasteiger partial charge in [0.2, 0.25) is 5.91 Å². The second kappa shape index (κ2) is 34.3. The molecule has 0 saturated carbocycles. The van der Waals surface area contributed by atoms with Crippen LogP contribution in [0.2, 0.25) is 0 Å². The predicted octanol–water partition coefficient (Wildman–Crippen LogP) is 11.3. The molecule has 0 aromatic rings. The molecule has 0 aliphatic carbocycles. The maximum absolute atomic E-state index is 12.8. The van der Waals surface area contributed by atoms with E-state index in [9.17, 15) is 19.3 Å². The molecule has 0 bridgehead atoms. The van der Waals surface area contributed by atoms with Gasteiger partial charge in [-0.05, 0) is 26.2 Å². The molecule has 46 heavy (non-hydrogen) atoms. The topological polar surface area (TPSA) is 102 Å². The Kier molecular flexibility index (Phi) is 32.8. The third-order valence-electron chi connectivity index (χ3n) is 8.80. The Morgan fingerprint density at radius 2 is 1.04 bits per heavy atom. The summed E-state index contributed by atoms with van der Waals surface area (Å²) >= 11 is 0. The van der Waals surface area contributed by atoms with Crippen LogP contribution in [0.1, 0.15) is 201 Å². The number of allylic oxidation sites excluding steroid dienone is 1. The van der Waals surface area contributed by atoms with E-state index in [4.69, 9.17) is 4.74 Å². The summed E-state index contributed by atoms with van der Waals surface area (Å²) in [6, 6.07) is -1.54. The normalized spacial score (nSPS) is 12.7. The first-order valence-electron chi connectivity index (χ1n) is 19.4. The van der Waals surface area contributed by atoms with Gasteiger partial charge in [0, 0.05) is 12.8 Å². The van der Waals surface area contributed by atoms with Crippen molar-refractivity contribution in [1.29, 1.82) is 0 Å². The summed E-state index contributed by atoms with van der Waals surface area (Å²) in [5, 5.41) is 6.16. The zero-order valence-corrected chi connectivity index (χ0v) is 30.3. The summed E-state index contributed by atoms with van der Waals surface area (Å²) in [6.45, 7) is 5.80.